The van der Waals surface area contributed by atoms with Crippen LogP contribution in [0.15, 0.2) is 16.5 Å². The molecular weight excluding hydrogens is 210 g/mol. The second-order valence-electron chi connectivity index (χ2n) is 5.85. The minimum Gasteiger partial charge on any atom is -0.465 e. The summed E-state index contributed by atoms with van der Waals surface area (Å²) in [5.74, 6) is 3.51. The molecule has 0 saturated heterocycles. The van der Waals surface area contributed by atoms with Gasteiger partial charge in [-0.1, -0.05) is 27.7 Å². The predicted molar refractivity (Wildman–Crippen MR) is 73.0 cm³/mol. The van der Waals surface area contributed by atoms with Gasteiger partial charge in [-0.25, -0.2) is 0 Å². The zero-order chi connectivity index (χ0) is 12.8. The summed E-state index contributed by atoms with van der Waals surface area (Å²) in [6.45, 7) is 12.0. The fraction of sp³-hybridized carbons (Fsp3) is 0.733. The van der Waals surface area contributed by atoms with Crippen molar-refractivity contribution in [2.24, 2.45) is 11.8 Å². The number of hydrogen-bond acceptors (Lipinski definition) is 2. The van der Waals surface area contributed by atoms with E-state index in [0.29, 0.717) is 6.04 Å². The Bertz CT molecular complexity index is 304. The maximum absolute atomic E-state index is 5.58. The smallest absolute Gasteiger partial charge is 0.117 e. The normalized spacial score (nSPS) is 12.0. The molecule has 0 aliphatic carbocycles. The second-order valence-corrected chi connectivity index (χ2v) is 5.85. The molecular formula is C15H27NO. The molecule has 1 aromatic heterocycles. The van der Waals surface area contributed by atoms with Crippen LogP contribution < -0.4 is 5.32 Å². The van der Waals surface area contributed by atoms with Crippen LogP contribution in [0.2, 0.25) is 0 Å². The maximum atomic E-state index is 5.58. The lowest BCUT2D eigenvalue weighted by atomic mass is 9.95. The molecule has 2 nitrogen and oxygen atoms in total. The summed E-state index contributed by atoms with van der Waals surface area (Å²) in [6, 6.07) is 4.68. The molecule has 0 bridgehead atoms. The van der Waals surface area contributed by atoms with E-state index in [4.69, 9.17) is 4.42 Å². The van der Waals surface area contributed by atoms with Crippen LogP contribution in [0.25, 0.3) is 0 Å². The first-order valence-electron chi connectivity index (χ1n) is 6.76. The molecule has 1 N–H and O–H groups in total. The zero-order valence-corrected chi connectivity index (χ0v) is 11.9. The molecule has 0 atom stereocenters. The van der Waals surface area contributed by atoms with Crippen LogP contribution in [0, 0.1) is 18.8 Å². The molecule has 0 aliphatic heterocycles. The van der Waals surface area contributed by atoms with Gasteiger partial charge in [0, 0.05) is 6.04 Å². The molecule has 0 spiro atoms. The van der Waals surface area contributed by atoms with E-state index in [9.17, 15) is 0 Å². The summed E-state index contributed by atoms with van der Waals surface area (Å²) in [6.07, 6.45) is 2.47. The van der Waals surface area contributed by atoms with Gasteiger partial charge in [-0.05, 0) is 43.7 Å². The first kappa shape index (κ1) is 14.3. The molecule has 0 aliphatic rings. The van der Waals surface area contributed by atoms with E-state index < -0.39 is 0 Å². The Morgan fingerprint density at radius 1 is 1.06 bits per heavy atom. The number of hydrogen-bond donors (Lipinski definition) is 1. The lowest BCUT2D eigenvalue weighted by Gasteiger charge is -2.22. The van der Waals surface area contributed by atoms with Crippen LogP contribution in [0.5, 0.6) is 0 Å². The van der Waals surface area contributed by atoms with Crippen molar-refractivity contribution in [3.63, 3.8) is 0 Å². The van der Waals surface area contributed by atoms with Crippen LogP contribution in [0.4, 0.5) is 0 Å². The monoisotopic (exact) mass is 237 g/mol. The molecule has 1 rings (SSSR count). The van der Waals surface area contributed by atoms with Gasteiger partial charge in [0.2, 0.25) is 0 Å². The minimum absolute atomic E-state index is 0.598. The molecule has 2 heteroatoms. The molecule has 0 amide bonds. The van der Waals surface area contributed by atoms with Crippen molar-refractivity contribution < 1.29 is 4.42 Å². The third-order valence-corrected chi connectivity index (χ3v) is 2.87. The van der Waals surface area contributed by atoms with E-state index in [-0.39, 0.29) is 0 Å². The molecule has 0 radical (unpaired) electrons. The largest absolute Gasteiger partial charge is 0.465 e. The van der Waals surface area contributed by atoms with Crippen molar-refractivity contribution >= 4 is 0 Å². The van der Waals surface area contributed by atoms with Gasteiger partial charge < -0.3 is 9.73 Å². The van der Waals surface area contributed by atoms with Crippen LogP contribution >= 0.6 is 0 Å². The lowest BCUT2D eigenvalue weighted by Crippen LogP contribution is -2.31. The molecule has 1 heterocycles. The molecule has 17 heavy (non-hydrogen) atoms. The van der Waals surface area contributed by atoms with E-state index in [1.807, 2.05) is 13.0 Å². The Hall–Kier alpha value is -0.760. The second kappa shape index (κ2) is 6.85. The van der Waals surface area contributed by atoms with E-state index in [2.05, 4.69) is 39.1 Å². The third-order valence-electron chi connectivity index (χ3n) is 2.87. The van der Waals surface area contributed by atoms with Crippen molar-refractivity contribution in [2.75, 3.05) is 0 Å². The van der Waals surface area contributed by atoms with Crippen molar-refractivity contribution in [3.05, 3.63) is 23.7 Å². The summed E-state index contributed by atoms with van der Waals surface area (Å²) in [5, 5.41) is 3.62. The first-order chi connectivity index (χ1) is 7.97. The van der Waals surface area contributed by atoms with Gasteiger partial charge in [0.1, 0.15) is 11.5 Å². The molecule has 1 aromatic rings. The SMILES string of the molecule is Cc1ccc(CNC(CC(C)C)CC(C)C)o1. The van der Waals surface area contributed by atoms with E-state index in [0.717, 1.165) is 29.9 Å². The highest BCUT2D eigenvalue weighted by Gasteiger charge is 2.12. The Balaban J connectivity index is 2.42. The highest BCUT2D eigenvalue weighted by Crippen LogP contribution is 2.14. The average Bonchev–Trinajstić information content (AvgIpc) is 2.59. The third kappa shape index (κ3) is 5.92. The Kier molecular flexibility index (Phi) is 5.76. The standard InChI is InChI=1S/C15H27NO/c1-11(2)8-14(9-12(3)4)16-10-15-7-6-13(5)17-15/h6-7,11-12,14,16H,8-10H2,1-5H3. The van der Waals surface area contributed by atoms with Gasteiger partial charge >= 0.3 is 0 Å². The minimum atomic E-state index is 0.598. The van der Waals surface area contributed by atoms with Crippen LogP contribution in [0.1, 0.15) is 52.1 Å². The Labute approximate surface area is 106 Å². The van der Waals surface area contributed by atoms with E-state index in [1.165, 1.54) is 12.8 Å². The van der Waals surface area contributed by atoms with Crippen LogP contribution in [0.3, 0.4) is 0 Å². The van der Waals surface area contributed by atoms with Gasteiger partial charge in [-0.2, -0.15) is 0 Å². The Morgan fingerprint density at radius 2 is 1.65 bits per heavy atom. The predicted octanol–water partition coefficient (Wildman–Crippen LogP) is 4.14. The number of furan rings is 1. The highest BCUT2D eigenvalue weighted by molar-refractivity contribution is 5.05. The summed E-state index contributed by atoms with van der Waals surface area (Å²) in [4.78, 5) is 0. The number of aryl methyl sites for hydroxylation is 1. The molecule has 0 fully saturated rings. The molecule has 0 unspecified atom stereocenters. The van der Waals surface area contributed by atoms with Crippen molar-refractivity contribution in [1.82, 2.24) is 5.32 Å². The van der Waals surface area contributed by atoms with Crippen LogP contribution in [-0.4, -0.2) is 6.04 Å². The summed E-state index contributed by atoms with van der Waals surface area (Å²) in [7, 11) is 0. The number of rotatable bonds is 7. The summed E-state index contributed by atoms with van der Waals surface area (Å²) in [5.41, 5.74) is 0. The fourth-order valence-corrected chi connectivity index (χ4v) is 2.23. The first-order valence-corrected chi connectivity index (χ1v) is 6.76. The average molecular weight is 237 g/mol. The van der Waals surface area contributed by atoms with Gasteiger partial charge in [-0.3, -0.25) is 0 Å². The van der Waals surface area contributed by atoms with Gasteiger partial charge in [0.25, 0.3) is 0 Å². The molecule has 0 aromatic carbocycles. The highest BCUT2D eigenvalue weighted by atomic mass is 16.3. The summed E-state index contributed by atoms with van der Waals surface area (Å²) >= 11 is 0. The quantitative estimate of drug-likeness (QED) is 0.771. The maximum Gasteiger partial charge on any atom is 0.117 e. The molecule has 0 saturated carbocycles. The van der Waals surface area contributed by atoms with E-state index >= 15 is 0 Å². The van der Waals surface area contributed by atoms with Gasteiger partial charge in [0.15, 0.2) is 0 Å². The molecule has 98 valence electrons. The zero-order valence-electron chi connectivity index (χ0n) is 11.9. The Morgan fingerprint density at radius 3 is 2.06 bits per heavy atom. The summed E-state index contributed by atoms with van der Waals surface area (Å²) < 4.78 is 5.58. The number of nitrogens with one attached hydrogen (secondary N) is 1. The van der Waals surface area contributed by atoms with Gasteiger partial charge in [-0.15, -0.1) is 0 Å². The van der Waals surface area contributed by atoms with Gasteiger partial charge in [0.05, 0.1) is 6.54 Å². The van der Waals surface area contributed by atoms with Crippen molar-refractivity contribution in [1.29, 1.82) is 0 Å². The fourth-order valence-electron chi connectivity index (χ4n) is 2.23. The van der Waals surface area contributed by atoms with Crippen molar-refractivity contribution in [2.45, 2.75) is 60.0 Å². The lowest BCUT2D eigenvalue weighted by molar-refractivity contribution is 0.343. The van der Waals surface area contributed by atoms with E-state index in [1.54, 1.807) is 0 Å². The van der Waals surface area contributed by atoms with Crippen LogP contribution in [-0.2, 0) is 6.54 Å². The topological polar surface area (TPSA) is 25.2 Å². The van der Waals surface area contributed by atoms with Crippen molar-refractivity contribution in [3.8, 4) is 0 Å².